The molecule has 1 amide bonds. The fourth-order valence-corrected chi connectivity index (χ4v) is 3.32. The van der Waals surface area contributed by atoms with E-state index < -0.39 is 0 Å². The van der Waals surface area contributed by atoms with Crippen LogP contribution >= 0.6 is 0 Å². The van der Waals surface area contributed by atoms with Crippen LogP contribution in [0.5, 0.6) is 0 Å². The van der Waals surface area contributed by atoms with Gasteiger partial charge in [0.1, 0.15) is 11.2 Å². The van der Waals surface area contributed by atoms with E-state index in [0.717, 1.165) is 23.9 Å². The molecule has 0 saturated carbocycles. The number of para-hydroxylation sites is 2. The van der Waals surface area contributed by atoms with Gasteiger partial charge in [-0.15, -0.1) is 0 Å². The number of benzene rings is 1. The van der Waals surface area contributed by atoms with Crippen LogP contribution < -0.4 is 0 Å². The highest BCUT2D eigenvalue weighted by atomic mass is 16.3. The molecule has 1 saturated heterocycles. The predicted octanol–water partition coefficient (Wildman–Crippen LogP) is 3.38. The Kier molecular flexibility index (Phi) is 3.87. The van der Waals surface area contributed by atoms with Gasteiger partial charge in [-0.1, -0.05) is 12.1 Å². The minimum atomic E-state index is -0.0895. The topological polar surface area (TPSA) is 79.2 Å². The first-order valence-electron chi connectivity index (χ1n) is 8.46. The summed E-state index contributed by atoms with van der Waals surface area (Å²) in [6, 6.07) is 9.30. The molecule has 6 nitrogen and oxygen atoms in total. The zero-order chi connectivity index (χ0) is 17.4. The summed E-state index contributed by atoms with van der Waals surface area (Å²) in [4.78, 5) is 33.4. The number of oxazole rings is 1. The number of likely N-dealkylation sites (tertiary alicyclic amines) is 1. The quantitative estimate of drug-likeness (QED) is 0.743. The molecule has 6 heteroatoms. The first-order chi connectivity index (χ1) is 12.1. The lowest BCUT2D eigenvalue weighted by Gasteiger charge is -2.31. The van der Waals surface area contributed by atoms with Gasteiger partial charge in [-0.05, 0) is 38.0 Å². The Morgan fingerprint density at radius 2 is 2.16 bits per heavy atom. The Balaban J connectivity index is 1.53. The van der Waals surface area contributed by atoms with Crippen LogP contribution in [0.15, 0.2) is 40.9 Å². The van der Waals surface area contributed by atoms with E-state index >= 15 is 0 Å². The molecule has 1 N–H and O–H groups in total. The smallest absolute Gasteiger partial charge is 0.270 e. The number of aromatic nitrogens is 2. The summed E-state index contributed by atoms with van der Waals surface area (Å²) in [6.07, 6.45) is 3.42. The van der Waals surface area contributed by atoms with Gasteiger partial charge in [-0.3, -0.25) is 9.59 Å². The highest BCUT2D eigenvalue weighted by Crippen LogP contribution is 2.29. The van der Waals surface area contributed by atoms with Crippen LogP contribution in [0.2, 0.25) is 0 Å². The van der Waals surface area contributed by atoms with Gasteiger partial charge >= 0.3 is 0 Å². The predicted molar refractivity (Wildman–Crippen MR) is 92.7 cm³/mol. The number of fused-ring (bicyclic) bond motifs is 1. The number of hydrogen-bond donors (Lipinski definition) is 1. The van der Waals surface area contributed by atoms with Gasteiger partial charge in [-0.2, -0.15) is 0 Å². The van der Waals surface area contributed by atoms with E-state index in [1.54, 1.807) is 17.2 Å². The molecule has 0 radical (unpaired) electrons. The lowest BCUT2D eigenvalue weighted by molar-refractivity contribution is 0.0693. The number of rotatable bonds is 3. The fraction of sp³-hybridized carbons (Fsp3) is 0.316. The van der Waals surface area contributed by atoms with Crippen LogP contribution in [0.25, 0.3) is 11.1 Å². The molecule has 1 atom stereocenters. The van der Waals surface area contributed by atoms with E-state index in [4.69, 9.17) is 4.42 Å². The maximum absolute atomic E-state index is 12.7. The van der Waals surface area contributed by atoms with Gasteiger partial charge in [0.05, 0.1) is 5.92 Å². The number of carbonyl (C=O) groups is 2. The molecule has 0 unspecified atom stereocenters. The number of Topliss-reactive ketones (excluding diaryl/α,β-unsaturated/α-hetero) is 1. The zero-order valence-corrected chi connectivity index (χ0v) is 14.0. The van der Waals surface area contributed by atoms with Crippen molar-refractivity contribution in [2.75, 3.05) is 13.1 Å². The molecule has 2 aromatic heterocycles. The Morgan fingerprint density at radius 1 is 1.32 bits per heavy atom. The SMILES string of the molecule is CC(=O)c1c[nH]c(C(=O)N2CCC[C@@H](c3nc4ccccc4o3)C2)c1. The number of H-pyrrole nitrogens is 1. The van der Waals surface area contributed by atoms with Crippen LogP contribution in [0.1, 0.15) is 52.4 Å². The van der Waals surface area contributed by atoms with Crippen molar-refractivity contribution in [1.82, 2.24) is 14.9 Å². The minimum Gasteiger partial charge on any atom is -0.440 e. The molecule has 4 rings (SSSR count). The van der Waals surface area contributed by atoms with Crippen LogP contribution in [0.4, 0.5) is 0 Å². The van der Waals surface area contributed by atoms with E-state index in [0.29, 0.717) is 30.2 Å². The Hall–Kier alpha value is -2.89. The monoisotopic (exact) mass is 337 g/mol. The van der Waals surface area contributed by atoms with E-state index in [2.05, 4.69) is 9.97 Å². The summed E-state index contributed by atoms with van der Waals surface area (Å²) < 4.78 is 5.88. The van der Waals surface area contributed by atoms with Gasteiger partial charge in [0.2, 0.25) is 0 Å². The van der Waals surface area contributed by atoms with Crippen molar-refractivity contribution in [1.29, 1.82) is 0 Å². The summed E-state index contributed by atoms with van der Waals surface area (Å²) in [6.45, 7) is 2.76. The minimum absolute atomic E-state index is 0.0571. The molecule has 0 spiro atoms. The van der Waals surface area contributed by atoms with Gasteiger partial charge in [-0.25, -0.2) is 4.98 Å². The number of nitrogens with one attached hydrogen (secondary N) is 1. The number of nitrogens with zero attached hydrogens (tertiary/aromatic N) is 2. The number of piperidine rings is 1. The molecule has 25 heavy (non-hydrogen) atoms. The summed E-state index contributed by atoms with van der Waals surface area (Å²) in [5, 5.41) is 0. The van der Waals surface area contributed by atoms with Crippen LogP contribution in [0, 0.1) is 0 Å². The highest BCUT2D eigenvalue weighted by Gasteiger charge is 2.29. The molecule has 0 aliphatic carbocycles. The number of hydrogen-bond acceptors (Lipinski definition) is 4. The summed E-state index contributed by atoms with van der Waals surface area (Å²) >= 11 is 0. The normalized spacial score (nSPS) is 17.8. The van der Waals surface area contributed by atoms with Crippen LogP contribution in [0.3, 0.4) is 0 Å². The summed E-state index contributed by atoms with van der Waals surface area (Å²) in [7, 11) is 0. The molecule has 0 bridgehead atoms. The molecule has 3 heterocycles. The van der Waals surface area contributed by atoms with Crippen molar-refractivity contribution >= 4 is 22.8 Å². The van der Waals surface area contributed by atoms with Crippen LogP contribution in [-0.4, -0.2) is 39.6 Å². The van der Waals surface area contributed by atoms with Crippen molar-refractivity contribution < 1.29 is 14.0 Å². The molecular formula is C19H19N3O3. The van der Waals surface area contributed by atoms with E-state index in [-0.39, 0.29) is 17.6 Å². The average Bonchev–Trinajstić information content (AvgIpc) is 3.28. The largest absolute Gasteiger partial charge is 0.440 e. The van der Waals surface area contributed by atoms with Gasteiger partial charge in [0.25, 0.3) is 5.91 Å². The standard InChI is InChI=1S/C19H19N3O3/c1-12(23)14-9-16(20-10-14)19(24)22-8-4-5-13(11-22)18-21-15-6-2-3-7-17(15)25-18/h2-3,6-7,9-10,13,20H,4-5,8,11H2,1H3/t13-/m1/s1. The third kappa shape index (κ3) is 2.95. The highest BCUT2D eigenvalue weighted by molar-refractivity contribution is 5.99. The molecule has 1 aliphatic heterocycles. The average molecular weight is 337 g/mol. The third-order valence-corrected chi connectivity index (χ3v) is 4.69. The number of ketones is 1. The summed E-state index contributed by atoms with van der Waals surface area (Å²) in [5.74, 6) is 0.633. The Morgan fingerprint density at radius 3 is 2.92 bits per heavy atom. The molecule has 1 fully saturated rings. The molecule has 128 valence electrons. The van der Waals surface area contributed by atoms with E-state index in [1.165, 1.54) is 6.92 Å². The first kappa shape index (κ1) is 15.6. The van der Waals surface area contributed by atoms with Crippen molar-refractivity contribution in [3.05, 3.63) is 53.7 Å². The first-order valence-corrected chi connectivity index (χ1v) is 8.46. The van der Waals surface area contributed by atoms with Crippen molar-refractivity contribution in [2.45, 2.75) is 25.7 Å². The zero-order valence-electron chi connectivity index (χ0n) is 14.0. The van der Waals surface area contributed by atoms with Crippen molar-refractivity contribution in [2.24, 2.45) is 0 Å². The lowest BCUT2D eigenvalue weighted by Crippen LogP contribution is -2.39. The second-order valence-electron chi connectivity index (χ2n) is 6.47. The van der Waals surface area contributed by atoms with Crippen molar-refractivity contribution in [3.63, 3.8) is 0 Å². The molecule has 3 aromatic rings. The Bertz CT molecular complexity index is 907. The van der Waals surface area contributed by atoms with Crippen molar-refractivity contribution in [3.8, 4) is 0 Å². The third-order valence-electron chi connectivity index (χ3n) is 4.69. The van der Waals surface area contributed by atoms with Gasteiger partial charge in [0, 0.05) is 24.8 Å². The Labute approximate surface area is 144 Å². The summed E-state index contributed by atoms with van der Waals surface area (Å²) in [5.41, 5.74) is 2.59. The number of carbonyl (C=O) groups excluding carboxylic acids is 2. The maximum Gasteiger partial charge on any atom is 0.270 e. The number of amides is 1. The van der Waals surface area contributed by atoms with E-state index in [1.807, 2.05) is 24.3 Å². The molecule has 1 aliphatic rings. The maximum atomic E-state index is 12.7. The van der Waals surface area contributed by atoms with Gasteiger partial charge < -0.3 is 14.3 Å². The van der Waals surface area contributed by atoms with Gasteiger partial charge in [0.15, 0.2) is 17.3 Å². The second-order valence-corrected chi connectivity index (χ2v) is 6.47. The van der Waals surface area contributed by atoms with E-state index in [9.17, 15) is 9.59 Å². The second kappa shape index (κ2) is 6.20. The van der Waals surface area contributed by atoms with Crippen LogP contribution in [-0.2, 0) is 0 Å². The fourth-order valence-electron chi connectivity index (χ4n) is 3.32. The lowest BCUT2D eigenvalue weighted by atomic mass is 9.97. The molecule has 1 aromatic carbocycles. The number of aromatic amines is 1. The molecular weight excluding hydrogens is 318 g/mol.